The Kier molecular flexibility index (Phi) is 6.49. The molecule has 1 fully saturated rings. The van der Waals surface area contributed by atoms with E-state index in [9.17, 15) is 18.0 Å². The van der Waals surface area contributed by atoms with E-state index in [-0.39, 0.29) is 36.4 Å². The Morgan fingerprint density at radius 3 is 2.66 bits per heavy atom. The molecular weight excluding hydrogens is 452 g/mol. The lowest BCUT2D eigenvalue weighted by molar-refractivity contribution is -0.120. The van der Waals surface area contributed by atoms with E-state index in [0.29, 0.717) is 35.1 Å². The monoisotopic (exact) mass is 474 g/mol. The third-order valence-corrected chi connectivity index (χ3v) is 7.81. The quantitative estimate of drug-likeness (QED) is 0.546. The molecule has 1 saturated heterocycles. The van der Waals surface area contributed by atoms with Gasteiger partial charge in [-0.2, -0.15) is 13.1 Å². The van der Waals surface area contributed by atoms with Gasteiger partial charge in [0.05, 0.1) is 23.9 Å². The molecule has 0 unspecified atom stereocenters. The summed E-state index contributed by atoms with van der Waals surface area (Å²) < 4.78 is 40.9. The summed E-state index contributed by atoms with van der Waals surface area (Å²) in [6.07, 6.45) is 0.793. The minimum Gasteiger partial charge on any atom is -0.462 e. The Balaban J connectivity index is 1.40. The largest absolute Gasteiger partial charge is 0.462 e. The Labute approximate surface area is 189 Å². The van der Waals surface area contributed by atoms with Crippen LogP contribution in [0.15, 0.2) is 47.4 Å². The molecule has 3 aromatic rings. The van der Waals surface area contributed by atoms with Crippen LogP contribution in [0.5, 0.6) is 0 Å². The third kappa shape index (κ3) is 4.50. The van der Waals surface area contributed by atoms with Crippen molar-refractivity contribution in [1.29, 1.82) is 0 Å². The first-order valence-electron chi connectivity index (χ1n) is 10.2. The molecule has 1 aromatic heterocycles. The number of ether oxygens (including phenoxy) is 1. The van der Waals surface area contributed by atoms with E-state index in [0.717, 1.165) is 11.7 Å². The number of fused-ring (bicyclic) bond motifs is 1. The van der Waals surface area contributed by atoms with Gasteiger partial charge >= 0.3 is 5.97 Å². The minimum absolute atomic E-state index is 0.141. The van der Waals surface area contributed by atoms with Crippen LogP contribution in [0.4, 0.5) is 5.69 Å². The van der Waals surface area contributed by atoms with Gasteiger partial charge in [0, 0.05) is 24.7 Å². The van der Waals surface area contributed by atoms with E-state index in [4.69, 9.17) is 4.74 Å². The zero-order chi connectivity index (χ0) is 22.7. The number of nitrogens with one attached hydrogen (secondary N) is 1. The van der Waals surface area contributed by atoms with Crippen molar-refractivity contribution < 1.29 is 22.7 Å². The van der Waals surface area contributed by atoms with Crippen LogP contribution in [0.3, 0.4) is 0 Å². The number of hydrogen-bond acceptors (Lipinski definition) is 8. The van der Waals surface area contributed by atoms with Gasteiger partial charge in [0.15, 0.2) is 0 Å². The fraction of sp³-hybridized carbons (Fsp3) is 0.333. The summed E-state index contributed by atoms with van der Waals surface area (Å²) in [4.78, 5) is 24.8. The van der Waals surface area contributed by atoms with Crippen LogP contribution in [0.1, 0.15) is 30.1 Å². The van der Waals surface area contributed by atoms with Crippen LogP contribution >= 0.6 is 11.7 Å². The smallest absolute Gasteiger partial charge is 0.338 e. The summed E-state index contributed by atoms with van der Waals surface area (Å²) in [6.45, 7) is 2.46. The maximum Gasteiger partial charge on any atom is 0.338 e. The summed E-state index contributed by atoms with van der Waals surface area (Å²) >= 11 is 0.975. The van der Waals surface area contributed by atoms with Crippen molar-refractivity contribution in [2.45, 2.75) is 24.7 Å². The van der Waals surface area contributed by atoms with Crippen molar-refractivity contribution in [3.8, 4) is 0 Å². The third-order valence-electron chi connectivity index (χ3n) is 5.33. The number of aromatic nitrogens is 2. The molecule has 168 valence electrons. The van der Waals surface area contributed by atoms with Gasteiger partial charge in [-0.1, -0.05) is 12.1 Å². The van der Waals surface area contributed by atoms with E-state index >= 15 is 0 Å². The number of benzene rings is 2. The van der Waals surface area contributed by atoms with Gasteiger partial charge in [-0.3, -0.25) is 4.79 Å². The average molecular weight is 475 g/mol. The molecule has 32 heavy (non-hydrogen) atoms. The normalized spacial score (nSPS) is 15.5. The molecule has 2 aromatic carbocycles. The number of rotatable bonds is 6. The first-order chi connectivity index (χ1) is 15.4. The second-order valence-corrected chi connectivity index (χ2v) is 9.79. The Bertz CT molecular complexity index is 1250. The number of sulfonamides is 1. The molecule has 1 aliphatic rings. The van der Waals surface area contributed by atoms with Gasteiger partial charge < -0.3 is 10.1 Å². The van der Waals surface area contributed by atoms with Crippen LogP contribution in [-0.4, -0.2) is 53.0 Å². The molecule has 1 N–H and O–H groups in total. The Morgan fingerprint density at radius 1 is 1.16 bits per heavy atom. The number of hydrogen-bond donors (Lipinski definition) is 1. The highest BCUT2D eigenvalue weighted by molar-refractivity contribution is 7.89. The minimum atomic E-state index is -3.73. The van der Waals surface area contributed by atoms with Gasteiger partial charge in [-0.25, -0.2) is 13.2 Å². The maximum absolute atomic E-state index is 13.1. The van der Waals surface area contributed by atoms with Crippen LogP contribution in [0.2, 0.25) is 0 Å². The average Bonchev–Trinajstić information content (AvgIpc) is 3.28. The number of amides is 1. The van der Waals surface area contributed by atoms with Crippen molar-refractivity contribution in [3.63, 3.8) is 0 Å². The van der Waals surface area contributed by atoms with Crippen LogP contribution in [0.25, 0.3) is 11.0 Å². The second-order valence-electron chi connectivity index (χ2n) is 7.36. The number of piperidine rings is 1. The Hall–Kier alpha value is -2.89. The predicted molar refractivity (Wildman–Crippen MR) is 120 cm³/mol. The van der Waals surface area contributed by atoms with Gasteiger partial charge in [0.2, 0.25) is 15.9 Å². The molecule has 4 rings (SSSR count). The second kappa shape index (κ2) is 9.31. The molecule has 2 heterocycles. The van der Waals surface area contributed by atoms with Gasteiger partial charge in [0.25, 0.3) is 0 Å². The zero-order valence-electron chi connectivity index (χ0n) is 17.4. The molecule has 0 aliphatic carbocycles. The number of carbonyl (C=O) groups is 2. The first-order valence-corrected chi connectivity index (χ1v) is 12.4. The summed E-state index contributed by atoms with van der Waals surface area (Å²) in [5.74, 6) is -0.981. The highest BCUT2D eigenvalue weighted by Crippen LogP contribution is 2.28. The molecule has 1 aliphatic heterocycles. The van der Waals surface area contributed by atoms with E-state index in [1.54, 1.807) is 43.3 Å². The van der Waals surface area contributed by atoms with Gasteiger partial charge in [-0.15, -0.1) is 0 Å². The molecule has 0 bridgehead atoms. The number of esters is 1. The molecule has 1 amide bonds. The van der Waals surface area contributed by atoms with E-state index in [1.165, 1.54) is 10.4 Å². The van der Waals surface area contributed by atoms with Crippen molar-refractivity contribution >= 4 is 50.3 Å². The molecule has 9 nitrogen and oxygen atoms in total. The van der Waals surface area contributed by atoms with E-state index in [2.05, 4.69) is 14.1 Å². The molecule has 0 atom stereocenters. The standard InChI is InChI=1S/C21H22N4O5S2/c1-2-30-21(27)15-5-3-6-16(13-15)22-20(26)14-9-11-25(12-10-14)32(28,29)18-8-4-7-17-19(18)24-31-23-17/h3-8,13-14H,2,9-12H2,1H3,(H,22,26). The van der Waals surface area contributed by atoms with Crippen LogP contribution < -0.4 is 5.32 Å². The van der Waals surface area contributed by atoms with Crippen LogP contribution in [0, 0.1) is 5.92 Å². The zero-order valence-corrected chi connectivity index (χ0v) is 19.0. The lowest BCUT2D eigenvalue weighted by atomic mass is 9.97. The van der Waals surface area contributed by atoms with E-state index < -0.39 is 16.0 Å². The first kappa shape index (κ1) is 22.3. The predicted octanol–water partition coefficient (Wildman–Crippen LogP) is 2.91. The lowest BCUT2D eigenvalue weighted by Crippen LogP contribution is -2.41. The molecule has 0 radical (unpaired) electrons. The molecule has 11 heteroatoms. The van der Waals surface area contributed by atoms with Crippen molar-refractivity contribution in [3.05, 3.63) is 48.0 Å². The van der Waals surface area contributed by atoms with Crippen molar-refractivity contribution in [2.24, 2.45) is 5.92 Å². The lowest BCUT2D eigenvalue weighted by Gasteiger charge is -2.30. The SMILES string of the molecule is CCOC(=O)c1cccc(NC(=O)C2CCN(S(=O)(=O)c3cccc4nsnc34)CC2)c1. The van der Waals surface area contributed by atoms with E-state index in [1.807, 2.05) is 0 Å². The summed E-state index contributed by atoms with van der Waals surface area (Å²) in [6, 6.07) is 11.5. The fourth-order valence-electron chi connectivity index (χ4n) is 3.67. The highest BCUT2D eigenvalue weighted by Gasteiger charge is 2.33. The molecule has 0 spiro atoms. The topological polar surface area (TPSA) is 119 Å². The number of nitrogens with zero attached hydrogens (tertiary/aromatic N) is 3. The molecule has 0 saturated carbocycles. The fourth-order valence-corrected chi connectivity index (χ4v) is 5.89. The summed E-state index contributed by atoms with van der Waals surface area (Å²) in [7, 11) is -3.73. The van der Waals surface area contributed by atoms with Crippen LogP contribution in [-0.2, 0) is 19.6 Å². The van der Waals surface area contributed by atoms with Crippen molar-refractivity contribution in [1.82, 2.24) is 13.1 Å². The number of anilines is 1. The maximum atomic E-state index is 13.1. The summed E-state index contributed by atoms with van der Waals surface area (Å²) in [5.41, 5.74) is 1.78. The Morgan fingerprint density at radius 2 is 1.91 bits per heavy atom. The van der Waals surface area contributed by atoms with Gasteiger partial charge in [-0.05, 0) is 50.1 Å². The number of carbonyl (C=O) groups excluding carboxylic acids is 2. The summed E-state index contributed by atoms with van der Waals surface area (Å²) in [5, 5.41) is 2.82. The van der Waals surface area contributed by atoms with Gasteiger partial charge in [0.1, 0.15) is 15.9 Å². The molecular formula is C21H22N4O5S2. The van der Waals surface area contributed by atoms with Crippen molar-refractivity contribution in [2.75, 3.05) is 25.0 Å². The highest BCUT2D eigenvalue weighted by atomic mass is 32.2.